The van der Waals surface area contributed by atoms with E-state index in [0.717, 1.165) is 25.7 Å². The summed E-state index contributed by atoms with van der Waals surface area (Å²) in [4.78, 5) is 11.6. The third kappa shape index (κ3) is 4.99. The number of alkyl halides is 3. The van der Waals surface area contributed by atoms with Crippen molar-refractivity contribution in [2.24, 2.45) is 0 Å². The van der Waals surface area contributed by atoms with Crippen LogP contribution in [0.25, 0.3) is 0 Å². The third-order valence-corrected chi connectivity index (χ3v) is 3.58. The van der Waals surface area contributed by atoms with E-state index >= 15 is 0 Å². The molecule has 7 heteroatoms. The van der Waals surface area contributed by atoms with Gasteiger partial charge in [-0.1, -0.05) is 0 Å². The highest BCUT2D eigenvalue weighted by atomic mass is 19.4. The molecule has 0 radical (unpaired) electrons. The van der Waals surface area contributed by atoms with Crippen LogP contribution < -0.4 is 10.6 Å². The molecule has 0 saturated carbocycles. The average Bonchev–Trinajstić information content (AvgIpc) is 2.63. The lowest BCUT2D eigenvalue weighted by Crippen LogP contribution is -2.48. The zero-order valence-electron chi connectivity index (χ0n) is 10.6. The van der Waals surface area contributed by atoms with Crippen LogP contribution in [-0.4, -0.2) is 43.4 Å². The molecule has 0 spiro atoms. The van der Waals surface area contributed by atoms with Crippen LogP contribution in [0.1, 0.15) is 32.1 Å². The second-order valence-corrected chi connectivity index (χ2v) is 5.29. The van der Waals surface area contributed by atoms with Crippen molar-refractivity contribution in [1.29, 1.82) is 0 Å². The maximum absolute atomic E-state index is 11.8. The maximum Gasteiger partial charge on any atom is 0.411 e. The molecule has 2 heterocycles. The van der Waals surface area contributed by atoms with E-state index in [1.165, 1.54) is 0 Å². The van der Waals surface area contributed by atoms with E-state index in [4.69, 9.17) is 0 Å². The van der Waals surface area contributed by atoms with Gasteiger partial charge in [0.05, 0.1) is 6.61 Å². The van der Waals surface area contributed by atoms with Crippen molar-refractivity contribution < 1.29 is 22.7 Å². The first-order valence-electron chi connectivity index (χ1n) is 6.62. The highest BCUT2D eigenvalue weighted by Crippen LogP contribution is 2.26. The Morgan fingerprint density at radius 1 is 1.26 bits per heavy atom. The van der Waals surface area contributed by atoms with Crippen molar-refractivity contribution in [1.82, 2.24) is 10.6 Å². The number of amides is 1. The molecule has 2 rings (SSSR count). The van der Waals surface area contributed by atoms with Crippen molar-refractivity contribution in [3.05, 3.63) is 0 Å². The number of fused-ring (bicyclic) bond motifs is 2. The van der Waals surface area contributed by atoms with Gasteiger partial charge in [-0.15, -0.1) is 0 Å². The second-order valence-electron chi connectivity index (χ2n) is 5.29. The molecule has 2 saturated heterocycles. The number of carbonyl (C=O) groups excluding carboxylic acids is 1. The molecule has 2 aliphatic rings. The molecular formula is C12H19F3N2O2. The van der Waals surface area contributed by atoms with Crippen molar-refractivity contribution in [2.75, 3.05) is 13.2 Å². The van der Waals surface area contributed by atoms with Crippen LogP contribution in [0.15, 0.2) is 0 Å². The minimum absolute atomic E-state index is 0.0185. The Balaban J connectivity index is 1.59. The molecule has 0 aromatic rings. The molecule has 2 atom stereocenters. The van der Waals surface area contributed by atoms with Gasteiger partial charge in [-0.05, 0) is 25.7 Å². The summed E-state index contributed by atoms with van der Waals surface area (Å²) in [7, 11) is 0. The summed E-state index contributed by atoms with van der Waals surface area (Å²) < 4.78 is 39.9. The topological polar surface area (TPSA) is 50.4 Å². The van der Waals surface area contributed by atoms with Crippen LogP contribution in [0, 0.1) is 0 Å². The summed E-state index contributed by atoms with van der Waals surface area (Å²) in [6.45, 7) is -1.49. The Morgan fingerprint density at radius 2 is 1.89 bits per heavy atom. The Labute approximate surface area is 110 Å². The average molecular weight is 280 g/mol. The molecule has 2 aliphatic heterocycles. The lowest BCUT2D eigenvalue weighted by Gasteiger charge is -2.29. The fourth-order valence-electron chi connectivity index (χ4n) is 2.83. The predicted octanol–water partition coefficient (Wildman–Crippen LogP) is 1.35. The Kier molecular flexibility index (Phi) is 4.67. The van der Waals surface area contributed by atoms with Gasteiger partial charge in [0.2, 0.25) is 5.91 Å². The van der Waals surface area contributed by atoms with Crippen LogP contribution >= 0.6 is 0 Å². The van der Waals surface area contributed by atoms with Crippen molar-refractivity contribution >= 4 is 5.91 Å². The largest absolute Gasteiger partial charge is 0.411 e. The molecule has 2 unspecified atom stereocenters. The molecule has 2 fully saturated rings. The minimum Gasteiger partial charge on any atom is -0.372 e. The van der Waals surface area contributed by atoms with E-state index in [9.17, 15) is 18.0 Å². The summed E-state index contributed by atoms with van der Waals surface area (Å²) in [5.41, 5.74) is 0. The zero-order chi connectivity index (χ0) is 13.9. The highest BCUT2D eigenvalue weighted by Gasteiger charge is 2.34. The zero-order valence-corrected chi connectivity index (χ0v) is 10.6. The SMILES string of the molecule is O=C(CCOCC(F)(F)F)NC1CC2CCC(C1)N2. The number of rotatable bonds is 5. The third-order valence-electron chi connectivity index (χ3n) is 3.58. The molecule has 2 bridgehead atoms. The highest BCUT2D eigenvalue weighted by molar-refractivity contribution is 5.76. The number of ether oxygens (including phenoxy) is 1. The Morgan fingerprint density at radius 3 is 2.47 bits per heavy atom. The molecule has 1 amide bonds. The van der Waals surface area contributed by atoms with E-state index < -0.39 is 12.8 Å². The first-order chi connectivity index (χ1) is 8.92. The Hall–Kier alpha value is -0.820. The number of piperidine rings is 1. The van der Waals surface area contributed by atoms with Gasteiger partial charge < -0.3 is 15.4 Å². The molecule has 110 valence electrons. The normalized spacial score (nSPS) is 30.4. The summed E-state index contributed by atoms with van der Waals surface area (Å²) in [6.07, 6.45) is -0.241. The van der Waals surface area contributed by atoms with E-state index in [0.29, 0.717) is 12.1 Å². The first kappa shape index (κ1) is 14.6. The van der Waals surface area contributed by atoms with Crippen molar-refractivity contribution in [3.63, 3.8) is 0 Å². The van der Waals surface area contributed by atoms with Crippen LogP contribution in [0.2, 0.25) is 0 Å². The van der Waals surface area contributed by atoms with Gasteiger partial charge in [0, 0.05) is 24.5 Å². The number of hydrogen-bond donors (Lipinski definition) is 2. The van der Waals surface area contributed by atoms with Gasteiger partial charge in [-0.25, -0.2) is 0 Å². The standard InChI is InChI=1S/C12H19F3N2O2/c13-12(14,15)7-19-4-3-11(18)17-10-5-8-1-2-9(6-10)16-8/h8-10,16H,1-7H2,(H,17,18). The van der Waals surface area contributed by atoms with Crippen LogP contribution in [-0.2, 0) is 9.53 Å². The fraction of sp³-hybridized carbons (Fsp3) is 0.917. The quantitative estimate of drug-likeness (QED) is 0.748. The molecule has 0 aromatic heterocycles. The maximum atomic E-state index is 11.8. The lowest BCUT2D eigenvalue weighted by molar-refractivity contribution is -0.174. The van der Waals surface area contributed by atoms with Crippen molar-refractivity contribution in [3.8, 4) is 0 Å². The smallest absolute Gasteiger partial charge is 0.372 e. The number of hydrogen-bond acceptors (Lipinski definition) is 3. The van der Waals surface area contributed by atoms with Gasteiger partial charge in [0.1, 0.15) is 6.61 Å². The summed E-state index contributed by atoms with van der Waals surface area (Å²) >= 11 is 0. The van der Waals surface area contributed by atoms with Crippen LogP contribution in [0.4, 0.5) is 13.2 Å². The van der Waals surface area contributed by atoms with Gasteiger partial charge in [0.25, 0.3) is 0 Å². The van der Waals surface area contributed by atoms with E-state index in [-0.39, 0.29) is 25.0 Å². The Bertz CT molecular complexity index is 311. The van der Waals surface area contributed by atoms with Crippen molar-refractivity contribution in [2.45, 2.75) is 56.4 Å². The monoisotopic (exact) mass is 280 g/mol. The molecule has 0 aliphatic carbocycles. The fourth-order valence-corrected chi connectivity index (χ4v) is 2.83. The van der Waals surface area contributed by atoms with Gasteiger partial charge in [-0.2, -0.15) is 13.2 Å². The number of nitrogens with one attached hydrogen (secondary N) is 2. The summed E-state index contributed by atoms with van der Waals surface area (Å²) in [5, 5.41) is 6.34. The lowest BCUT2D eigenvalue weighted by atomic mass is 10.00. The van der Waals surface area contributed by atoms with Gasteiger partial charge >= 0.3 is 6.18 Å². The minimum atomic E-state index is -4.33. The van der Waals surface area contributed by atoms with E-state index in [1.807, 2.05) is 0 Å². The number of carbonyl (C=O) groups is 1. The number of halogens is 3. The van der Waals surface area contributed by atoms with Gasteiger partial charge in [-0.3, -0.25) is 4.79 Å². The predicted molar refractivity (Wildman–Crippen MR) is 62.6 cm³/mol. The summed E-state index contributed by atoms with van der Waals surface area (Å²) in [5.74, 6) is -0.228. The summed E-state index contributed by atoms with van der Waals surface area (Å²) in [6, 6.07) is 1.10. The molecule has 2 N–H and O–H groups in total. The molecule has 19 heavy (non-hydrogen) atoms. The van der Waals surface area contributed by atoms with E-state index in [1.54, 1.807) is 0 Å². The first-order valence-corrected chi connectivity index (χ1v) is 6.62. The van der Waals surface area contributed by atoms with Crippen LogP contribution in [0.5, 0.6) is 0 Å². The molecule has 0 aromatic carbocycles. The molecule has 4 nitrogen and oxygen atoms in total. The second kappa shape index (κ2) is 6.09. The van der Waals surface area contributed by atoms with Gasteiger partial charge in [0.15, 0.2) is 0 Å². The van der Waals surface area contributed by atoms with E-state index in [2.05, 4.69) is 15.4 Å². The molecular weight excluding hydrogens is 261 g/mol. The van der Waals surface area contributed by atoms with Crippen LogP contribution in [0.3, 0.4) is 0 Å².